The SMILES string of the molecule is CCOC(=O)c1sc2c(C)ccn2c1C. The lowest BCUT2D eigenvalue weighted by Crippen LogP contribution is -2.04. The summed E-state index contributed by atoms with van der Waals surface area (Å²) in [5, 5.41) is 0. The van der Waals surface area contributed by atoms with Crippen molar-refractivity contribution in [3.8, 4) is 0 Å². The fraction of sp³-hybridized carbons (Fsp3) is 0.364. The van der Waals surface area contributed by atoms with E-state index in [0.29, 0.717) is 11.5 Å². The number of nitrogens with zero attached hydrogens (tertiary/aromatic N) is 1. The summed E-state index contributed by atoms with van der Waals surface area (Å²) in [6.07, 6.45) is 1.99. The highest BCUT2D eigenvalue weighted by atomic mass is 32.1. The van der Waals surface area contributed by atoms with Crippen molar-refractivity contribution >= 4 is 22.1 Å². The summed E-state index contributed by atoms with van der Waals surface area (Å²) in [4.78, 5) is 13.4. The van der Waals surface area contributed by atoms with E-state index in [1.807, 2.05) is 37.4 Å². The molecule has 0 bridgehead atoms. The number of hydrogen-bond acceptors (Lipinski definition) is 3. The number of aromatic nitrogens is 1. The third-order valence-corrected chi connectivity index (χ3v) is 3.76. The molecule has 0 spiro atoms. The first-order valence-electron chi connectivity index (χ1n) is 4.89. The van der Waals surface area contributed by atoms with Crippen LogP contribution in [0.25, 0.3) is 4.83 Å². The first-order chi connectivity index (χ1) is 7.15. The van der Waals surface area contributed by atoms with Crippen LogP contribution in [0.4, 0.5) is 0 Å². The van der Waals surface area contributed by atoms with E-state index < -0.39 is 0 Å². The summed E-state index contributed by atoms with van der Waals surface area (Å²) in [7, 11) is 0. The number of rotatable bonds is 2. The topological polar surface area (TPSA) is 30.7 Å². The van der Waals surface area contributed by atoms with Gasteiger partial charge in [-0.1, -0.05) is 0 Å². The minimum absolute atomic E-state index is 0.219. The van der Waals surface area contributed by atoms with Crippen LogP contribution in [0.5, 0.6) is 0 Å². The van der Waals surface area contributed by atoms with E-state index in [0.717, 1.165) is 10.5 Å². The van der Waals surface area contributed by atoms with E-state index in [1.165, 1.54) is 16.9 Å². The highest BCUT2D eigenvalue weighted by Gasteiger charge is 2.17. The van der Waals surface area contributed by atoms with Gasteiger partial charge < -0.3 is 9.14 Å². The zero-order chi connectivity index (χ0) is 11.0. The Kier molecular flexibility index (Phi) is 2.52. The van der Waals surface area contributed by atoms with Crippen LogP contribution in [-0.2, 0) is 4.74 Å². The standard InChI is InChI=1S/C11H13NO2S/c1-4-14-11(13)9-8(3)12-6-5-7(2)10(12)15-9/h5-6H,4H2,1-3H3. The number of carbonyl (C=O) groups is 1. The van der Waals surface area contributed by atoms with Gasteiger partial charge in [0.05, 0.1) is 6.61 Å². The molecule has 4 heteroatoms. The monoisotopic (exact) mass is 223 g/mol. The predicted molar refractivity (Wildman–Crippen MR) is 60.7 cm³/mol. The average molecular weight is 223 g/mol. The van der Waals surface area contributed by atoms with Crippen molar-refractivity contribution in [3.63, 3.8) is 0 Å². The molecule has 15 heavy (non-hydrogen) atoms. The van der Waals surface area contributed by atoms with E-state index in [4.69, 9.17) is 4.74 Å². The van der Waals surface area contributed by atoms with Crippen LogP contribution in [0.2, 0.25) is 0 Å². The van der Waals surface area contributed by atoms with Gasteiger partial charge in [0.15, 0.2) is 0 Å². The molecule has 0 radical (unpaired) electrons. The molecular weight excluding hydrogens is 210 g/mol. The smallest absolute Gasteiger partial charge is 0.350 e. The van der Waals surface area contributed by atoms with Gasteiger partial charge in [0, 0.05) is 11.9 Å². The first kappa shape index (κ1) is 10.2. The summed E-state index contributed by atoms with van der Waals surface area (Å²) in [5.74, 6) is -0.219. The Morgan fingerprint density at radius 1 is 1.53 bits per heavy atom. The summed E-state index contributed by atoms with van der Waals surface area (Å²) >= 11 is 1.49. The number of thiazole rings is 1. The normalized spacial score (nSPS) is 10.9. The Hall–Kier alpha value is -1.29. The predicted octanol–water partition coefficient (Wildman–Crippen LogP) is 2.79. The summed E-state index contributed by atoms with van der Waals surface area (Å²) in [6, 6.07) is 2.05. The number of ether oxygens (including phenoxy) is 1. The number of aryl methyl sites for hydroxylation is 2. The molecule has 80 valence electrons. The van der Waals surface area contributed by atoms with Crippen LogP contribution in [0.3, 0.4) is 0 Å². The largest absolute Gasteiger partial charge is 0.462 e. The van der Waals surface area contributed by atoms with Crippen LogP contribution in [-0.4, -0.2) is 17.0 Å². The van der Waals surface area contributed by atoms with Gasteiger partial charge >= 0.3 is 5.97 Å². The van der Waals surface area contributed by atoms with Crippen molar-refractivity contribution < 1.29 is 9.53 Å². The minimum Gasteiger partial charge on any atom is -0.462 e. The molecule has 2 aromatic rings. The molecule has 0 aromatic carbocycles. The van der Waals surface area contributed by atoms with Gasteiger partial charge in [-0.25, -0.2) is 4.79 Å². The van der Waals surface area contributed by atoms with Gasteiger partial charge in [-0.2, -0.15) is 0 Å². The lowest BCUT2D eigenvalue weighted by atomic mass is 10.4. The van der Waals surface area contributed by atoms with Gasteiger partial charge in [-0.05, 0) is 32.4 Å². The Bertz CT molecular complexity index is 510. The first-order valence-corrected chi connectivity index (χ1v) is 5.71. The molecule has 0 aliphatic rings. The van der Waals surface area contributed by atoms with Gasteiger partial charge in [0.25, 0.3) is 0 Å². The Morgan fingerprint density at radius 2 is 2.27 bits per heavy atom. The van der Waals surface area contributed by atoms with E-state index in [1.54, 1.807) is 0 Å². The molecule has 0 saturated heterocycles. The molecule has 0 saturated carbocycles. The molecule has 0 fully saturated rings. The third-order valence-electron chi connectivity index (χ3n) is 2.38. The third kappa shape index (κ3) is 1.55. The fourth-order valence-corrected chi connectivity index (χ4v) is 2.68. The summed E-state index contributed by atoms with van der Waals surface area (Å²) < 4.78 is 7.04. The van der Waals surface area contributed by atoms with Crippen LogP contribution in [0.1, 0.15) is 27.9 Å². The van der Waals surface area contributed by atoms with E-state index in [9.17, 15) is 4.79 Å². The molecule has 2 aromatic heterocycles. The summed E-state index contributed by atoms with van der Waals surface area (Å²) in [6.45, 7) is 6.22. The second-order valence-corrected chi connectivity index (χ2v) is 4.41. The van der Waals surface area contributed by atoms with Gasteiger partial charge in [0.2, 0.25) is 0 Å². The number of esters is 1. The maximum Gasteiger partial charge on any atom is 0.350 e. The number of carbonyl (C=O) groups excluding carboxylic acids is 1. The Labute approximate surface area is 92.3 Å². The van der Waals surface area contributed by atoms with E-state index in [2.05, 4.69) is 0 Å². The molecule has 0 N–H and O–H groups in total. The highest BCUT2D eigenvalue weighted by molar-refractivity contribution is 7.19. The van der Waals surface area contributed by atoms with Crippen molar-refractivity contribution in [2.45, 2.75) is 20.8 Å². The molecule has 0 aliphatic heterocycles. The van der Waals surface area contributed by atoms with Crippen molar-refractivity contribution in [2.75, 3.05) is 6.61 Å². The van der Waals surface area contributed by atoms with Gasteiger partial charge in [-0.3, -0.25) is 0 Å². The average Bonchev–Trinajstić information content (AvgIpc) is 2.70. The van der Waals surface area contributed by atoms with E-state index in [-0.39, 0.29) is 5.97 Å². The van der Waals surface area contributed by atoms with Crippen LogP contribution >= 0.6 is 11.3 Å². The Balaban J connectivity index is 2.53. The summed E-state index contributed by atoms with van der Waals surface area (Å²) in [5.41, 5.74) is 2.15. The maximum atomic E-state index is 11.6. The van der Waals surface area contributed by atoms with Crippen LogP contribution in [0.15, 0.2) is 12.3 Å². The highest BCUT2D eigenvalue weighted by Crippen LogP contribution is 2.27. The molecule has 3 nitrogen and oxygen atoms in total. The number of fused-ring (bicyclic) bond motifs is 1. The van der Waals surface area contributed by atoms with Gasteiger partial charge in [0.1, 0.15) is 9.71 Å². The molecule has 2 heterocycles. The lowest BCUT2D eigenvalue weighted by molar-refractivity contribution is 0.0531. The van der Waals surface area contributed by atoms with Crippen molar-refractivity contribution in [2.24, 2.45) is 0 Å². The number of hydrogen-bond donors (Lipinski definition) is 0. The van der Waals surface area contributed by atoms with E-state index >= 15 is 0 Å². The van der Waals surface area contributed by atoms with Gasteiger partial charge in [-0.15, -0.1) is 11.3 Å². The quantitative estimate of drug-likeness (QED) is 0.733. The molecule has 2 rings (SSSR count). The lowest BCUT2D eigenvalue weighted by Gasteiger charge is -1.98. The van der Waals surface area contributed by atoms with Crippen molar-refractivity contribution in [1.82, 2.24) is 4.40 Å². The van der Waals surface area contributed by atoms with Crippen molar-refractivity contribution in [1.29, 1.82) is 0 Å². The zero-order valence-corrected chi connectivity index (χ0v) is 9.85. The van der Waals surface area contributed by atoms with Crippen LogP contribution < -0.4 is 0 Å². The molecule has 0 atom stereocenters. The molecular formula is C11H13NO2S. The van der Waals surface area contributed by atoms with Crippen molar-refractivity contribution in [3.05, 3.63) is 28.4 Å². The Morgan fingerprint density at radius 3 is 2.87 bits per heavy atom. The second kappa shape index (κ2) is 3.70. The molecule has 0 amide bonds. The maximum absolute atomic E-state index is 11.6. The minimum atomic E-state index is -0.219. The fourth-order valence-electron chi connectivity index (χ4n) is 1.58. The molecule has 0 aliphatic carbocycles. The second-order valence-electron chi connectivity index (χ2n) is 3.41. The molecule has 0 unspecified atom stereocenters. The zero-order valence-electron chi connectivity index (χ0n) is 9.03. The van der Waals surface area contributed by atoms with Crippen LogP contribution in [0, 0.1) is 13.8 Å².